The third-order valence-corrected chi connectivity index (χ3v) is 8.63. The predicted octanol–water partition coefficient (Wildman–Crippen LogP) is 5.61. The van der Waals surface area contributed by atoms with E-state index in [4.69, 9.17) is 9.15 Å². The van der Waals surface area contributed by atoms with Crippen molar-refractivity contribution in [2.45, 2.75) is 58.4 Å². The van der Waals surface area contributed by atoms with Gasteiger partial charge in [0.25, 0.3) is 0 Å². The Morgan fingerprint density at radius 1 is 0.949 bits per heavy atom. The minimum absolute atomic E-state index is 0.0691. The Morgan fingerprint density at radius 3 is 2.26 bits per heavy atom. The van der Waals surface area contributed by atoms with Gasteiger partial charge in [-0.2, -0.15) is 4.72 Å². The highest BCUT2D eigenvalue weighted by molar-refractivity contribution is 7.89. The van der Waals surface area contributed by atoms with Gasteiger partial charge in [0.05, 0.1) is 4.90 Å². The molecule has 0 amide bonds. The van der Waals surface area contributed by atoms with Gasteiger partial charge in [-0.15, -0.1) is 0 Å². The SMILES string of the molecule is CC[C@H](C)[C@H](NS(=O)(=O)c1ccc(C)cc1)C(=O)Oc1ccc2c(C)c(Cc3ccccc3)c(=O)oc2c1C. The Morgan fingerprint density at radius 2 is 1.62 bits per heavy atom. The monoisotopic (exact) mass is 547 g/mol. The van der Waals surface area contributed by atoms with Crippen LogP contribution in [0.2, 0.25) is 0 Å². The van der Waals surface area contributed by atoms with Crippen LogP contribution in [0.4, 0.5) is 0 Å². The lowest BCUT2D eigenvalue weighted by Gasteiger charge is -2.23. The molecule has 4 rings (SSSR count). The number of rotatable bonds is 9. The van der Waals surface area contributed by atoms with Crippen molar-refractivity contribution < 1.29 is 22.4 Å². The van der Waals surface area contributed by atoms with Crippen molar-refractivity contribution in [3.63, 3.8) is 0 Å². The topological polar surface area (TPSA) is 103 Å². The smallest absolute Gasteiger partial charge is 0.340 e. The Balaban J connectivity index is 1.64. The van der Waals surface area contributed by atoms with Crippen LogP contribution >= 0.6 is 0 Å². The fraction of sp³-hybridized carbons (Fsp3) is 0.290. The van der Waals surface area contributed by atoms with Crippen LogP contribution in [0.5, 0.6) is 5.75 Å². The number of benzene rings is 3. The van der Waals surface area contributed by atoms with Crippen molar-refractivity contribution in [3.05, 3.63) is 105 Å². The first-order valence-corrected chi connectivity index (χ1v) is 14.4. The fourth-order valence-corrected chi connectivity index (χ4v) is 5.74. The summed E-state index contributed by atoms with van der Waals surface area (Å²) in [6.45, 7) is 9.10. The molecule has 39 heavy (non-hydrogen) atoms. The molecule has 0 unspecified atom stereocenters. The average molecular weight is 548 g/mol. The maximum Gasteiger partial charge on any atom is 0.340 e. The van der Waals surface area contributed by atoms with Crippen molar-refractivity contribution in [1.82, 2.24) is 4.72 Å². The molecule has 0 fully saturated rings. The van der Waals surface area contributed by atoms with Crippen molar-refractivity contribution >= 4 is 27.0 Å². The molecular formula is C31H33NO6S. The molecule has 204 valence electrons. The second-order valence-corrected chi connectivity index (χ2v) is 11.7. The maximum atomic E-state index is 13.3. The molecule has 7 nitrogen and oxygen atoms in total. The first-order valence-electron chi connectivity index (χ1n) is 12.9. The number of fused-ring (bicyclic) bond motifs is 1. The lowest BCUT2D eigenvalue weighted by atomic mass is 9.98. The zero-order chi connectivity index (χ0) is 28.3. The zero-order valence-electron chi connectivity index (χ0n) is 22.8. The van der Waals surface area contributed by atoms with E-state index in [0.717, 1.165) is 22.1 Å². The third-order valence-electron chi connectivity index (χ3n) is 7.17. The Labute approximate surface area is 228 Å². The summed E-state index contributed by atoms with van der Waals surface area (Å²) >= 11 is 0. The highest BCUT2D eigenvalue weighted by Crippen LogP contribution is 2.30. The summed E-state index contributed by atoms with van der Waals surface area (Å²) in [5.74, 6) is -0.866. The van der Waals surface area contributed by atoms with Crippen LogP contribution in [0.15, 0.2) is 80.8 Å². The highest BCUT2D eigenvalue weighted by Gasteiger charge is 2.32. The summed E-state index contributed by atoms with van der Waals surface area (Å²) in [6, 6.07) is 18.4. The molecule has 1 aromatic heterocycles. The van der Waals surface area contributed by atoms with Crippen molar-refractivity contribution in [1.29, 1.82) is 0 Å². The van der Waals surface area contributed by atoms with Gasteiger partial charge in [-0.3, -0.25) is 0 Å². The third kappa shape index (κ3) is 6.13. The average Bonchev–Trinajstić information content (AvgIpc) is 2.92. The highest BCUT2D eigenvalue weighted by atomic mass is 32.2. The predicted molar refractivity (Wildman–Crippen MR) is 152 cm³/mol. The lowest BCUT2D eigenvalue weighted by Crippen LogP contribution is -2.47. The number of sulfonamides is 1. The van der Waals surface area contributed by atoms with E-state index < -0.39 is 27.7 Å². The van der Waals surface area contributed by atoms with Crippen LogP contribution in [0.3, 0.4) is 0 Å². The van der Waals surface area contributed by atoms with Crippen LogP contribution in [0.1, 0.15) is 48.1 Å². The molecule has 3 aromatic carbocycles. The summed E-state index contributed by atoms with van der Waals surface area (Å²) < 4.78 is 40.0. The number of nitrogens with one attached hydrogen (secondary N) is 1. The normalized spacial score (nSPS) is 13.3. The van der Waals surface area contributed by atoms with Crippen LogP contribution < -0.4 is 15.1 Å². The molecular weight excluding hydrogens is 514 g/mol. The molecule has 0 radical (unpaired) electrons. The summed E-state index contributed by atoms with van der Waals surface area (Å²) in [5.41, 5.74) is 3.66. The molecule has 2 atom stereocenters. The summed E-state index contributed by atoms with van der Waals surface area (Å²) in [4.78, 5) is 26.3. The Kier molecular flexibility index (Phi) is 8.37. The van der Waals surface area contributed by atoms with Crippen LogP contribution in [-0.4, -0.2) is 20.4 Å². The standard InChI is InChI=1S/C31H33NO6S/c1-6-20(3)28(32-39(35,36)24-14-12-19(2)13-15-24)31(34)37-27-17-16-25-21(4)26(18-23-10-8-7-9-11-23)30(33)38-29(25)22(27)5/h7-17,20,28,32H,6,18H2,1-5H3/t20-,28-/m0/s1. The number of hydrogen-bond acceptors (Lipinski definition) is 6. The molecule has 4 aromatic rings. The molecule has 0 aliphatic carbocycles. The van der Waals surface area contributed by atoms with Gasteiger partial charge in [0.2, 0.25) is 10.0 Å². The van der Waals surface area contributed by atoms with E-state index in [1.165, 1.54) is 12.1 Å². The first kappa shape index (κ1) is 28.3. The van der Waals surface area contributed by atoms with Gasteiger partial charge in [0.1, 0.15) is 17.4 Å². The van der Waals surface area contributed by atoms with Gasteiger partial charge < -0.3 is 9.15 Å². The zero-order valence-corrected chi connectivity index (χ0v) is 23.6. The molecule has 1 heterocycles. The van der Waals surface area contributed by atoms with E-state index in [1.54, 1.807) is 38.1 Å². The van der Waals surface area contributed by atoms with E-state index in [9.17, 15) is 18.0 Å². The van der Waals surface area contributed by atoms with Gasteiger partial charge in [-0.25, -0.2) is 18.0 Å². The second kappa shape index (κ2) is 11.6. The Bertz CT molecular complexity index is 1660. The molecule has 0 bridgehead atoms. The molecule has 0 saturated heterocycles. The summed E-state index contributed by atoms with van der Waals surface area (Å²) in [6.07, 6.45) is 0.990. The second-order valence-electron chi connectivity index (χ2n) is 9.94. The van der Waals surface area contributed by atoms with E-state index in [1.807, 2.05) is 51.1 Å². The van der Waals surface area contributed by atoms with E-state index in [2.05, 4.69) is 4.72 Å². The summed E-state index contributed by atoms with van der Waals surface area (Å²) in [7, 11) is -3.97. The quantitative estimate of drug-likeness (QED) is 0.166. The van der Waals surface area contributed by atoms with Gasteiger partial charge in [-0.1, -0.05) is 68.3 Å². The van der Waals surface area contributed by atoms with Crippen LogP contribution in [-0.2, 0) is 21.2 Å². The summed E-state index contributed by atoms with van der Waals surface area (Å²) in [5, 5.41) is 0.747. The number of hydrogen-bond donors (Lipinski definition) is 1. The fourth-order valence-electron chi connectivity index (χ4n) is 4.44. The molecule has 1 N–H and O–H groups in total. The van der Waals surface area contributed by atoms with Crippen molar-refractivity contribution in [2.24, 2.45) is 5.92 Å². The van der Waals surface area contributed by atoms with E-state index >= 15 is 0 Å². The van der Waals surface area contributed by atoms with Gasteiger partial charge in [0, 0.05) is 22.9 Å². The van der Waals surface area contributed by atoms with Crippen molar-refractivity contribution in [3.8, 4) is 5.75 Å². The number of ether oxygens (including phenoxy) is 1. The molecule has 0 saturated carbocycles. The number of aryl methyl sites for hydroxylation is 3. The van der Waals surface area contributed by atoms with Gasteiger partial charge >= 0.3 is 11.6 Å². The van der Waals surface area contributed by atoms with E-state index in [0.29, 0.717) is 29.6 Å². The number of carbonyl (C=O) groups is 1. The first-order chi connectivity index (χ1) is 18.5. The minimum Gasteiger partial charge on any atom is -0.425 e. The van der Waals surface area contributed by atoms with Crippen molar-refractivity contribution in [2.75, 3.05) is 0 Å². The molecule has 0 aliphatic heterocycles. The lowest BCUT2D eigenvalue weighted by molar-refractivity contribution is -0.137. The van der Waals surface area contributed by atoms with Crippen LogP contribution in [0.25, 0.3) is 11.0 Å². The minimum atomic E-state index is -3.97. The number of esters is 1. The molecule has 0 spiro atoms. The van der Waals surface area contributed by atoms with E-state index in [-0.39, 0.29) is 16.6 Å². The van der Waals surface area contributed by atoms with Crippen LogP contribution in [0, 0.1) is 26.7 Å². The number of carbonyl (C=O) groups excluding carboxylic acids is 1. The molecule has 0 aliphatic rings. The maximum absolute atomic E-state index is 13.3. The molecule has 8 heteroatoms. The Hall–Kier alpha value is -3.75. The van der Waals surface area contributed by atoms with Gasteiger partial charge in [0.15, 0.2) is 0 Å². The largest absolute Gasteiger partial charge is 0.425 e. The van der Waals surface area contributed by atoms with Gasteiger partial charge in [-0.05, 0) is 62.1 Å².